The lowest BCUT2D eigenvalue weighted by Crippen LogP contribution is -2.20. The van der Waals surface area contributed by atoms with Gasteiger partial charge in [0.1, 0.15) is 5.76 Å². The Morgan fingerprint density at radius 2 is 2.17 bits per heavy atom. The van der Waals surface area contributed by atoms with Crippen LogP contribution in [-0.2, 0) is 22.5 Å². The number of carbonyl (C=O) groups excluding carboxylic acids is 1. The number of amides is 1. The van der Waals surface area contributed by atoms with Crippen molar-refractivity contribution in [2.24, 2.45) is 5.92 Å². The SMILES string of the molecule is Cc1noc(C)c1CC(=O)Nc1cnn(CC2CCOCC2)c1. The van der Waals surface area contributed by atoms with Gasteiger partial charge in [0, 0.05) is 31.5 Å². The van der Waals surface area contributed by atoms with Gasteiger partial charge in [0.15, 0.2) is 0 Å². The number of nitrogens with zero attached hydrogens (tertiary/aromatic N) is 3. The molecule has 0 spiro atoms. The van der Waals surface area contributed by atoms with Gasteiger partial charge in [0.25, 0.3) is 0 Å². The molecule has 0 aliphatic carbocycles. The van der Waals surface area contributed by atoms with Crippen LogP contribution >= 0.6 is 0 Å². The van der Waals surface area contributed by atoms with Crippen LogP contribution in [0.3, 0.4) is 0 Å². The van der Waals surface area contributed by atoms with E-state index in [0.29, 0.717) is 17.4 Å². The Labute approximate surface area is 135 Å². The van der Waals surface area contributed by atoms with Crippen molar-refractivity contribution in [3.05, 3.63) is 29.4 Å². The largest absolute Gasteiger partial charge is 0.381 e. The van der Waals surface area contributed by atoms with E-state index in [9.17, 15) is 4.79 Å². The minimum atomic E-state index is -0.0926. The second-order valence-corrected chi connectivity index (χ2v) is 6.03. The van der Waals surface area contributed by atoms with Gasteiger partial charge in [0.2, 0.25) is 5.91 Å². The zero-order chi connectivity index (χ0) is 16.2. The van der Waals surface area contributed by atoms with Crippen LogP contribution in [0.25, 0.3) is 0 Å². The first kappa shape index (κ1) is 15.7. The lowest BCUT2D eigenvalue weighted by molar-refractivity contribution is -0.115. The van der Waals surface area contributed by atoms with Gasteiger partial charge in [0.05, 0.1) is 24.0 Å². The molecular weight excluding hydrogens is 296 g/mol. The van der Waals surface area contributed by atoms with Gasteiger partial charge in [-0.25, -0.2) is 0 Å². The first-order chi connectivity index (χ1) is 11.1. The zero-order valence-corrected chi connectivity index (χ0v) is 13.5. The molecule has 1 aliphatic heterocycles. The van der Waals surface area contributed by atoms with Crippen molar-refractivity contribution in [3.63, 3.8) is 0 Å². The molecule has 2 aromatic rings. The van der Waals surface area contributed by atoms with Crippen molar-refractivity contribution in [2.45, 2.75) is 39.7 Å². The van der Waals surface area contributed by atoms with Gasteiger partial charge in [-0.3, -0.25) is 9.48 Å². The molecule has 0 unspecified atom stereocenters. The van der Waals surface area contributed by atoms with Gasteiger partial charge < -0.3 is 14.6 Å². The summed E-state index contributed by atoms with van der Waals surface area (Å²) in [6.07, 6.45) is 5.94. The van der Waals surface area contributed by atoms with E-state index in [-0.39, 0.29) is 12.3 Å². The maximum atomic E-state index is 12.1. The third-order valence-corrected chi connectivity index (χ3v) is 4.22. The third-order valence-electron chi connectivity index (χ3n) is 4.22. The van der Waals surface area contributed by atoms with Crippen LogP contribution in [0.15, 0.2) is 16.9 Å². The third kappa shape index (κ3) is 3.98. The number of nitrogens with one attached hydrogen (secondary N) is 1. The van der Waals surface area contributed by atoms with E-state index in [0.717, 1.165) is 43.9 Å². The summed E-state index contributed by atoms with van der Waals surface area (Å²) in [6.45, 7) is 6.17. The molecule has 23 heavy (non-hydrogen) atoms. The predicted octanol–water partition coefficient (Wildman–Crippen LogP) is 2.10. The van der Waals surface area contributed by atoms with E-state index in [2.05, 4.69) is 15.6 Å². The van der Waals surface area contributed by atoms with Crippen molar-refractivity contribution in [1.29, 1.82) is 0 Å². The molecule has 1 saturated heterocycles. The molecule has 0 radical (unpaired) electrons. The van der Waals surface area contributed by atoms with E-state index in [1.807, 2.05) is 24.7 Å². The Kier molecular flexibility index (Phi) is 4.76. The van der Waals surface area contributed by atoms with E-state index < -0.39 is 0 Å². The number of anilines is 1. The lowest BCUT2D eigenvalue weighted by Gasteiger charge is -2.21. The summed E-state index contributed by atoms with van der Waals surface area (Å²) in [6, 6.07) is 0. The number of ether oxygens (including phenoxy) is 1. The van der Waals surface area contributed by atoms with E-state index >= 15 is 0 Å². The van der Waals surface area contributed by atoms with Crippen LogP contribution in [0.4, 0.5) is 5.69 Å². The smallest absolute Gasteiger partial charge is 0.229 e. The van der Waals surface area contributed by atoms with Gasteiger partial charge in [-0.2, -0.15) is 5.10 Å². The van der Waals surface area contributed by atoms with Gasteiger partial charge in [-0.1, -0.05) is 5.16 Å². The molecule has 0 saturated carbocycles. The fourth-order valence-corrected chi connectivity index (χ4v) is 2.84. The number of carbonyl (C=O) groups is 1. The van der Waals surface area contributed by atoms with Gasteiger partial charge in [-0.05, 0) is 32.6 Å². The first-order valence-corrected chi connectivity index (χ1v) is 7.93. The van der Waals surface area contributed by atoms with Crippen molar-refractivity contribution in [3.8, 4) is 0 Å². The summed E-state index contributed by atoms with van der Waals surface area (Å²) in [5.74, 6) is 1.19. The molecule has 1 N–H and O–H groups in total. The maximum absolute atomic E-state index is 12.1. The Balaban J connectivity index is 1.55. The van der Waals surface area contributed by atoms with Crippen LogP contribution in [0.2, 0.25) is 0 Å². The maximum Gasteiger partial charge on any atom is 0.229 e. The highest BCUT2D eigenvalue weighted by atomic mass is 16.5. The topological polar surface area (TPSA) is 82.2 Å². The summed E-state index contributed by atoms with van der Waals surface area (Å²) >= 11 is 0. The van der Waals surface area contributed by atoms with Gasteiger partial charge in [-0.15, -0.1) is 0 Å². The van der Waals surface area contributed by atoms with Crippen LogP contribution < -0.4 is 5.32 Å². The minimum Gasteiger partial charge on any atom is -0.381 e. The van der Waals surface area contributed by atoms with E-state index in [1.165, 1.54) is 0 Å². The van der Waals surface area contributed by atoms with E-state index in [1.54, 1.807) is 6.20 Å². The molecule has 0 atom stereocenters. The summed E-state index contributed by atoms with van der Waals surface area (Å²) in [4.78, 5) is 12.1. The fourth-order valence-electron chi connectivity index (χ4n) is 2.84. The molecule has 0 aromatic carbocycles. The van der Waals surface area contributed by atoms with Crippen molar-refractivity contribution in [2.75, 3.05) is 18.5 Å². The fraction of sp³-hybridized carbons (Fsp3) is 0.562. The second kappa shape index (κ2) is 6.95. The average molecular weight is 318 g/mol. The molecule has 1 amide bonds. The summed E-state index contributed by atoms with van der Waals surface area (Å²) in [7, 11) is 0. The molecule has 7 heteroatoms. The lowest BCUT2D eigenvalue weighted by atomic mass is 10.0. The van der Waals surface area contributed by atoms with Crippen molar-refractivity contribution >= 4 is 11.6 Å². The highest BCUT2D eigenvalue weighted by molar-refractivity contribution is 5.92. The van der Waals surface area contributed by atoms with Crippen molar-refractivity contribution < 1.29 is 14.1 Å². The Morgan fingerprint density at radius 1 is 1.39 bits per heavy atom. The summed E-state index contributed by atoms with van der Waals surface area (Å²) in [5.41, 5.74) is 2.32. The summed E-state index contributed by atoms with van der Waals surface area (Å²) in [5, 5.41) is 11.1. The Morgan fingerprint density at radius 3 is 2.87 bits per heavy atom. The van der Waals surface area contributed by atoms with Gasteiger partial charge >= 0.3 is 0 Å². The minimum absolute atomic E-state index is 0.0926. The number of aryl methyl sites for hydroxylation is 2. The predicted molar refractivity (Wildman–Crippen MR) is 84.1 cm³/mol. The summed E-state index contributed by atoms with van der Waals surface area (Å²) < 4.78 is 12.3. The average Bonchev–Trinajstić information content (AvgIpc) is 3.09. The van der Waals surface area contributed by atoms with Crippen LogP contribution in [0, 0.1) is 19.8 Å². The molecule has 3 rings (SSSR count). The van der Waals surface area contributed by atoms with Crippen LogP contribution in [0.1, 0.15) is 29.9 Å². The highest BCUT2D eigenvalue weighted by Crippen LogP contribution is 2.18. The molecular formula is C16H22N4O3. The van der Waals surface area contributed by atoms with Crippen molar-refractivity contribution in [1.82, 2.24) is 14.9 Å². The molecule has 1 fully saturated rings. The molecule has 124 valence electrons. The molecule has 1 aliphatic rings. The zero-order valence-electron chi connectivity index (χ0n) is 13.5. The first-order valence-electron chi connectivity index (χ1n) is 7.93. The Hall–Kier alpha value is -2.15. The monoisotopic (exact) mass is 318 g/mol. The molecule has 7 nitrogen and oxygen atoms in total. The molecule has 0 bridgehead atoms. The normalized spacial score (nSPS) is 15.7. The van der Waals surface area contributed by atoms with Crippen LogP contribution in [-0.4, -0.2) is 34.1 Å². The second-order valence-electron chi connectivity index (χ2n) is 6.03. The standard InChI is InChI=1S/C16H22N4O3/c1-11-15(12(2)23-19-11)7-16(21)18-14-8-17-20(10-14)9-13-3-5-22-6-4-13/h8,10,13H,3-7,9H2,1-2H3,(H,18,21). The Bertz CT molecular complexity index is 651. The molecule has 2 aromatic heterocycles. The molecule has 3 heterocycles. The number of hydrogen-bond donors (Lipinski definition) is 1. The van der Waals surface area contributed by atoms with Crippen LogP contribution in [0.5, 0.6) is 0 Å². The number of rotatable bonds is 5. The number of aromatic nitrogens is 3. The quantitative estimate of drug-likeness (QED) is 0.913. The van der Waals surface area contributed by atoms with E-state index in [4.69, 9.17) is 9.26 Å². The number of hydrogen-bond acceptors (Lipinski definition) is 5. The highest BCUT2D eigenvalue weighted by Gasteiger charge is 2.16.